The van der Waals surface area contributed by atoms with Crippen molar-refractivity contribution in [2.45, 2.75) is 6.61 Å². The van der Waals surface area contributed by atoms with Crippen molar-refractivity contribution in [3.63, 3.8) is 0 Å². The van der Waals surface area contributed by atoms with Gasteiger partial charge in [0, 0.05) is 11.1 Å². The van der Waals surface area contributed by atoms with Gasteiger partial charge in [0.05, 0.1) is 7.11 Å². The van der Waals surface area contributed by atoms with Gasteiger partial charge in [-0.15, -0.1) is 0 Å². The van der Waals surface area contributed by atoms with Crippen LogP contribution >= 0.6 is 0 Å². The van der Waals surface area contributed by atoms with Gasteiger partial charge in [-0.1, -0.05) is 18.2 Å². The maximum absolute atomic E-state index is 10.9. The van der Waals surface area contributed by atoms with Crippen LogP contribution in [0.2, 0.25) is 0 Å². The fourth-order valence-corrected chi connectivity index (χ4v) is 1.70. The molecule has 0 atom stereocenters. The molecular weight excluding hydrogens is 242 g/mol. The molecule has 0 bridgehead atoms. The zero-order valence-corrected chi connectivity index (χ0v) is 10.6. The summed E-state index contributed by atoms with van der Waals surface area (Å²) in [5.41, 5.74) is 6.60. The molecule has 0 aliphatic rings. The molecule has 2 rings (SSSR count). The first kappa shape index (κ1) is 13.0. The Morgan fingerprint density at radius 3 is 2.42 bits per heavy atom. The Morgan fingerprint density at radius 2 is 1.79 bits per heavy atom. The Morgan fingerprint density at radius 1 is 1.11 bits per heavy atom. The summed E-state index contributed by atoms with van der Waals surface area (Å²) in [6.45, 7) is 0.403. The van der Waals surface area contributed by atoms with E-state index in [-0.39, 0.29) is 0 Å². The fourth-order valence-electron chi connectivity index (χ4n) is 1.70. The molecule has 98 valence electrons. The predicted molar refractivity (Wildman–Crippen MR) is 72.3 cm³/mol. The van der Waals surface area contributed by atoms with Crippen LogP contribution in [0, 0.1) is 0 Å². The highest BCUT2D eigenvalue weighted by molar-refractivity contribution is 5.92. The lowest BCUT2D eigenvalue weighted by Gasteiger charge is -2.10. The highest BCUT2D eigenvalue weighted by atomic mass is 16.5. The van der Waals surface area contributed by atoms with E-state index in [9.17, 15) is 4.79 Å². The summed E-state index contributed by atoms with van der Waals surface area (Å²) in [7, 11) is 1.63. The molecule has 0 saturated carbocycles. The van der Waals surface area contributed by atoms with E-state index in [0.717, 1.165) is 11.3 Å². The summed E-state index contributed by atoms with van der Waals surface area (Å²) in [6.07, 6.45) is 0. The van der Waals surface area contributed by atoms with E-state index >= 15 is 0 Å². The van der Waals surface area contributed by atoms with Crippen molar-refractivity contribution in [3.05, 3.63) is 59.7 Å². The van der Waals surface area contributed by atoms with Crippen molar-refractivity contribution in [1.82, 2.24) is 0 Å². The van der Waals surface area contributed by atoms with E-state index in [2.05, 4.69) is 0 Å². The first-order chi connectivity index (χ1) is 9.20. The molecule has 0 radical (unpaired) electrons. The summed E-state index contributed by atoms with van der Waals surface area (Å²) in [5.74, 6) is 1.02. The molecule has 0 aromatic heterocycles. The van der Waals surface area contributed by atoms with E-state index in [1.165, 1.54) is 0 Å². The van der Waals surface area contributed by atoms with Gasteiger partial charge in [0.2, 0.25) is 5.91 Å². The predicted octanol–water partition coefficient (Wildman–Crippen LogP) is 2.37. The second-order valence-electron chi connectivity index (χ2n) is 3.99. The maximum atomic E-state index is 10.9. The van der Waals surface area contributed by atoms with Crippen LogP contribution in [0.4, 0.5) is 0 Å². The number of para-hydroxylation sites is 1. The van der Waals surface area contributed by atoms with E-state index in [1.54, 1.807) is 31.4 Å². The van der Waals surface area contributed by atoms with Gasteiger partial charge in [-0.05, 0) is 30.3 Å². The van der Waals surface area contributed by atoms with Gasteiger partial charge in [0.1, 0.15) is 18.1 Å². The molecular formula is C15H15NO3. The molecule has 2 aromatic rings. The van der Waals surface area contributed by atoms with Crippen molar-refractivity contribution < 1.29 is 14.3 Å². The summed E-state index contributed by atoms with van der Waals surface area (Å²) in [4.78, 5) is 10.9. The number of ether oxygens (including phenoxy) is 2. The summed E-state index contributed by atoms with van der Waals surface area (Å²) in [6, 6.07) is 14.4. The van der Waals surface area contributed by atoms with Crippen LogP contribution in [0.25, 0.3) is 0 Å². The number of hydrogen-bond donors (Lipinski definition) is 1. The number of carbonyl (C=O) groups excluding carboxylic acids is 1. The van der Waals surface area contributed by atoms with E-state index in [0.29, 0.717) is 17.9 Å². The average Bonchev–Trinajstić information content (AvgIpc) is 2.45. The minimum atomic E-state index is -0.448. The molecule has 0 unspecified atom stereocenters. The molecule has 2 N–H and O–H groups in total. The minimum absolute atomic E-state index is 0.403. The number of primary amides is 1. The molecule has 0 fully saturated rings. The Kier molecular flexibility index (Phi) is 4.03. The van der Waals surface area contributed by atoms with Crippen molar-refractivity contribution in [3.8, 4) is 11.5 Å². The minimum Gasteiger partial charge on any atom is -0.496 e. The molecule has 19 heavy (non-hydrogen) atoms. The van der Waals surface area contributed by atoms with Crippen LogP contribution in [0.5, 0.6) is 11.5 Å². The van der Waals surface area contributed by atoms with Crippen LogP contribution in [-0.4, -0.2) is 13.0 Å². The molecule has 4 nitrogen and oxygen atoms in total. The quantitative estimate of drug-likeness (QED) is 0.894. The molecule has 4 heteroatoms. The first-order valence-electron chi connectivity index (χ1n) is 5.85. The molecule has 0 heterocycles. The second kappa shape index (κ2) is 5.91. The third kappa shape index (κ3) is 3.25. The van der Waals surface area contributed by atoms with Gasteiger partial charge in [-0.25, -0.2) is 0 Å². The van der Waals surface area contributed by atoms with E-state index in [4.69, 9.17) is 15.2 Å². The average molecular weight is 257 g/mol. The molecule has 0 saturated heterocycles. The molecule has 0 spiro atoms. The third-order valence-corrected chi connectivity index (χ3v) is 2.73. The standard InChI is InChI=1S/C15H15NO3/c1-18-14-5-3-2-4-12(14)10-19-13-8-6-11(7-9-13)15(16)17/h2-9H,10H2,1H3,(H2,16,17). The van der Waals surface area contributed by atoms with Crippen LogP contribution in [-0.2, 0) is 6.61 Å². The number of nitrogens with two attached hydrogens (primary N) is 1. The fraction of sp³-hybridized carbons (Fsp3) is 0.133. The summed E-state index contributed by atoms with van der Waals surface area (Å²) in [5, 5.41) is 0. The molecule has 1 amide bonds. The third-order valence-electron chi connectivity index (χ3n) is 2.73. The summed E-state index contributed by atoms with van der Waals surface area (Å²) >= 11 is 0. The van der Waals surface area contributed by atoms with Crippen molar-refractivity contribution >= 4 is 5.91 Å². The van der Waals surface area contributed by atoms with Crippen LogP contribution in [0.1, 0.15) is 15.9 Å². The van der Waals surface area contributed by atoms with Crippen LogP contribution in [0.3, 0.4) is 0 Å². The highest BCUT2D eigenvalue weighted by Gasteiger charge is 2.04. The molecule has 2 aromatic carbocycles. The number of amides is 1. The zero-order valence-electron chi connectivity index (χ0n) is 10.6. The van der Waals surface area contributed by atoms with Gasteiger partial charge in [-0.3, -0.25) is 4.79 Å². The Balaban J connectivity index is 2.04. The molecule has 0 aliphatic heterocycles. The lowest BCUT2D eigenvalue weighted by molar-refractivity contribution is 0.100. The number of benzene rings is 2. The van der Waals surface area contributed by atoms with Gasteiger partial charge in [-0.2, -0.15) is 0 Å². The van der Waals surface area contributed by atoms with Crippen molar-refractivity contribution in [1.29, 1.82) is 0 Å². The lowest BCUT2D eigenvalue weighted by atomic mass is 10.2. The Labute approximate surface area is 111 Å². The second-order valence-corrected chi connectivity index (χ2v) is 3.99. The normalized spacial score (nSPS) is 9.95. The number of carbonyl (C=O) groups is 1. The van der Waals surface area contributed by atoms with Gasteiger partial charge in [0.25, 0.3) is 0 Å². The number of methoxy groups -OCH3 is 1. The Bertz CT molecular complexity index is 564. The smallest absolute Gasteiger partial charge is 0.248 e. The van der Waals surface area contributed by atoms with Crippen molar-refractivity contribution in [2.75, 3.05) is 7.11 Å². The SMILES string of the molecule is COc1ccccc1COc1ccc(C(N)=O)cc1. The molecule has 0 aliphatic carbocycles. The lowest BCUT2D eigenvalue weighted by Crippen LogP contribution is -2.10. The van der Waals surface area contributed by atoms with E-state index < -0.39 is 5.91 Å². The van der Waals surface area contributed by atoms with Crippen LogP contribution < -0.4 is 15.2 Å². The van der Waals surface area contributed by atoms with Gasteiger partial charge >= 0.3 is 0 Å². The maximum Gasteiger partial charge on any atom is 0.248 e. The number of hydrogen-bond acceptors (Lipinski definition) is 3. The van der Waals surface area contributed by atoms with Crippen molar-refractivity contribution in [2.24, 2.45) is 5.73 Å². The zero-order chi connectivity index (χ0) is 13.7. The van der Waals surface area contributed by atoms with Gasteiger partial charge in [0.15, 0.2) is 0 Å². The highest BCUT2D eigenvalue weighted by Crippen LogP contribution is 2.20. The number of rotatable bonds is 5. The van der Waals surface area contributed by atoms with E-state index in [1.807, 2.05) is 24.3 Å². The van der Waals surface area contributed by atoms with Gasteiger partial charge < -0.3 is 15.2 Å². The van der Waals surface area contributed by atoms with Crippen LogP contribution in [0.15, 0.2) is 48.5 Å². The first-order valence-corrected chi connectivity index (χ1v) is 5.85. The Hall–Kier alpha value is -2.49. The topological polar surface area (TPSA) is 61.6 Å². The monoisotopic (exact) mass is 257 g/mol. The summed E-state index contributed by atoms with van der Waals surface area (Å²) < 4.78 is 10.9. The largest absolute Gasteiger partial charge is 0.496 e.